The maximum absolute atomic E-state index is 13.2. The van der Waals surface area contributed by atoms with Crippen LogP contribution in [0.4, 0.5) is 5.69 Å². The van der Waals surface area contributed by atoms with E-state index in [4.69, 9.17) is 28.3 Å². The minimum Gasteiger partial charge on any atom is -0.480 e. The van der Waals surface area contributed by atoms with E-state index < -0.39 is 28.5 Å². The minimum absolute atomic E-state index is 0. The molecule has 1 aromatic heterocycles. The van der Waals surface area contributed by atoms with E-state index in [0.29, 0.717) is 16.5 Å². The van der Waals surface area contributed by atoms with Gasteiger partial charge in [0.05, 0.1) is 16.8 Å². The molecule has 1 aromatic carbocycles. The number of carbonyl (C=O) groups is 1. The van der Waals surface area contributed by atoms with Crippen LogP contribution in [0.1, 0.15) is 25.7 Å². The van der Waals surface area contributed by atoms with E-state index in [1.165, 1.54) is 24.5 Å². The number of hydrogen-bond acceptors (Lipinski definition) is 6. The largest absolute Gasteiger partial charge is 0.480 e. The molecule has 34 heavy (non-hydrogen) atoms. The van der Waals surface area contributed by atoms with Crippen LogP contribution >= 0.6 is 24.2 Å². The Hall–Kier alpha value is -2.87. The molecule has 2 aromatic rings. The molecule has 3 rings (SSSR count). The molecular formula is C19H28Cl2N8O4S. The maximum Gasteiger partial charge on any atom is 0.318 e. The second kappa shape index (κ2) is 12.6. The molecule has 15 heteroatoms. The van der Waals surface area contributed by atoms with E-state index in [0.717, 1.165) is 34.4 Å². The minimum atomic E-state index is -4.01. The van der Waals surface area contributed by atoms with Crippen molar-refractivity contribution in [3.05, 3.63) is 30.6 Å². The molecule has 1 fully saturated rings. The van der Waals surface area contributed by atoms with E-state index in [-0.39, 0.29) is 35.7 Å². The number of pyridine rings is 1. The van der Waals surface area contributed by atoms with Gasteiger partial charge in [-0.25, -0.2) is 12.8 Å². The van der Waals surface area contributed by atoms with Gasteiger partial charge in [0, 0.05) is 35.3 Å². The zero-order chi connectivity index (χ0) is 24.8. The molecule has 0 saturated heterocycles. The van der Waals surface area contributed by atoms with Crippen LogP contribution in [0, 0.1) is 16.7 Å². The van der Waals surface area contributed by atoms with E-state index in [1.54, 1.807) is 6.07 Å². The predicted octanol–water partition coefficient (Wildman–Crippen LogP) is 1.61. The van der Waals surface area contributed by atoms with Crippen molar-refractivity contribution in [3.63, 3.8) is 0 Å². The number of carboxylic acid groups (broad SMARTS) is 1. The Balaban J connectivity index is 0.00000107. The van der Waals surface area contributed by atoms with Crippen LogP contribution in [0.5, 0.6) is 0 Å². The highest BCUT2D eigenvalue weighted by Crippen LogP contribution is 2.31. The van der Waals surface area contributed by atoms with Crippen LogP contribution in [0.3, 0.4) is 0 Å². The summed E-state index contributed by atoms with van der Waals surface area (Å²) in [5, 5.41) is 23.8. The van der Waals surface area contributed by atoms with Crippen LogP contribution in [-0.2, 0) is 14.8 Å². The van der Waals surface area contributed by atoms with Crippen LogP contribution in [0.25, 0.3) is 10.8 Å². The Morgan fingerprint density at radius 1 is 1.18 bits per heavy atom. The summed E-state index contributed by atoms with van der Waals surface area (Å²) in [7, 11) is -4.01. The van der Waals surface area contributed by atoms with Gasteiger partial charge in [0.1, 0.15) is 6.54 Å². The fourth-order valence-corrected chi connectivity index (χ4v) is 5.25. The van der Waals surface area contributed by atoms with Gasteiger partial charge in [0.2, 0.25) is 16.0 Å². The zero-order valence-corrected chi connectivity index (χ0v) is 20.5. The normalized spacial score (nSPS) is 13.6. The Kier molecular flexibility index (Phi) is 10.8. The van der Waals surface area contributed by atoms with Crippen LogP contribution < -0.4 is 21.6 Å². The number of guanidine groups is 2. The molecule has 1 heterocycles. The third-order valence-corrected chi connectivity index (χ3v) is 7.19. The summed E-state index contributed by atoms with van der Waals surface area (Å²) in [5.41, 5.74) is 14.7. The van der Waals surface area contributed by atoms with Gasteiger partial charge in [-0.05, 0) is 30.9 Å². The number of aromatic nitrogens is 1. The topological polar surface area (TPSA) is 217 Å². The summed E-state index contributed by atoms with van der Waals surface area (Å²) in [5.74, 6) is -1.77. The van der Waals surface area contributed by atoms with Crippen molar-refractivity contribution >= 4 is 68.6 Å². The molecule has 9 N–H and O–H groups in total. The number of nitrogens with zero attached hydrogens (tertiary/aromatic N) is 3. The Morgan fingerprint density at radius 3 is 2.29 bits per heavy atom. The first-order valence-electron chi connectivity index (χ1n) is 9.92. The van der Waals surface area contributed by atoms with E-state index in [9.17, 15) is 18.3 Å². The molecule has 0 atom stereocenters. The number of benzene rings is 1. The SMILES string of the molecule is Cl.N=C(N)N.N=C(N)N(Cl)c1cncc2cc(S(=O)(=O)N(CC(=O)O)CC3CCCC3)ccc12. The average molecular weight is 535 g/mol. The number of nitrogens with two attached hydrogens (primary N) is 3. The average Bonchev–Trinajstić information content (AvgIpc) is 3.24. The number of halogens is 2. The first-order valence-corrected chi connectivity index (χ1v) is 11.7. The second-order valence-electron chi connectivity index (χ2n) is 7.50. The quantitative estimate of drug-likeness (QED) is 0.172. The lowest BCUT2D eigenvalue weighted by Crippen LogP contribution is -2.38. The fraction of sp³-hybridized carbons (Fsp3) is 0.368. The lowest BCUT2D eigenvalue weighted by atomic mass is 10.1. The fourth-order valence-electron chi connectivity index (χ4n) is 3.61. The number of anilines is 1. The highest BCUT2D eigenvalue weighted by Gasteiger charge is 2.30. The standard InChI is InChI=1S/C18H22ClN5O4S.CH5N3.ClH/c19-24(18(20)21)16-9-22-8-13-7-14(5-6-15(13)16)29(27,28)23(11-17(25)26)10-12-3-1-2-4-12;2-1(3)4;/h5-9,12H,1-4,10-11H2,(H3,20,21)(H,25,26);(H5,2,3,4);1H. The zero-order valence-electron chi connectivity index (χ0n) is 18.1. The number of sulfonamides is 1. The molecule has 0 aliphatic heterocycles. The van der Waals surface area contributed by atoms with E-state index >= 15 is 0 Å². The van der Waals surface area contributed by atoms with Crippen molar-refractivity contribution in [1.82, 2.24) is 9.29 Å². The van der Waals surface area contributed by atoms with Gasteiger partial charge >= 0.3 is 5.97 Å². The summed E-state index contributed by atoms with van der Waals surface area (Å²) in [6, 6.07) is 4.37. The highest BCUT2D eigenvalue weighted by molar-refractivity contribution is 7.89. The molecule has 1 saturated carbocycles. The first-order chi connectivity index (χ1) is 15.4. The van der Waals surface area contributed by atoms with E-state index in [2.05, 4.69) is 16.5 Å². The molecule has 1 aliphatic rings. The number of rotatable bonds is 7. The predicted molar refractivity (Wildman–Crippen MR) is 134 cm³/mol. The molecular weight excluding hydrogens is 507 g/mol. The van der Waals surface area contributed by atoms with Crippen molar-refractivity contribution in [3.8, 4) is 0 Å². The highest BCUT2D eigenvalue weighted by atomic mass is 35.5. The third-order valence-electron chi connectivity index (χ3n) is 5.02. The molecule has 0 amide bonds. The Labute approximate surface area is 208 Å². The van der Waals surface area contributed by atoms with Crippen molar-refractivity contribution in [2.24, 2.45) is 23.1 Å². The lowest BCUT2D eigenvalue weighted by molar-refractivity contribution is -0.137. The smallest absolute Gasteiger partial charge is 0.318 e. The van der Waals surface area contributed by atoms with E-state index in [1.807, 2.05) is 0 Å². The van der Waals surface area contributed by atoms with Crippen LogP contribution in [0.2, 0.25) is 0 Å². The molecule has 0 unspecified atom stereocenters. The number of nitrogens with one attached hydrogen (secondary N) is 2. The summed E-state index contributed by atoms with van der Waals surface area (Å²) >= 11 is 6.00. The van der Waals surface area contributed by atoms with Crippen LogP contribution in [-0.4, -0.2) is 53.8 Å². The van der Waals surface area contributed by atoms with Gasteiger partial charge in [-0.1, -0.05) is 18.9 Å². The van der Waals surface area contributed by atoms with Gasteiger partial charge in [-0.15, -0.1) is 12.4 Å². The van der Waals surface area contributed by atoms with Crippen molar-refractivity contribution in [2.45, 2.75) is 30.6 Å². The van der Waals surface area contributed by atoms with Gasteiger partial charge in [-0.2, -0.15) is 4.31 Å². The van der Waals surface area contributed by atoms with Gasteiger partial charge in [0.25, 0.3) is 0 Å². The molecule has 0 bridgehead atoms. The molecule has 188 valence electrons. The monoisotopic (exact) mass is 534 g/mol. The third kappa shape index (κ3) is 7.58. The summed E-state index contributed by atoms with van der Waals surface area (Å²) in [6.07, 6.45) is 6.74. The molecule has 1 aliphatic carbocycles. The van der Waals surface area contributed by atoms with Crippen molar-refractivity contribution in [1.29, 1.82) is 10.8 Å². The summed E-state index contributed by atoms with van der Waals surface area (Å²) in [6.45, 7) is -0.403. The lowest BCUT2D eigenvalue weighted by Gasteiger charge is -2.24. The number of carboxylic acids is 1. The molecule has 0 radical (unpaired) electrons. The van der Waals surface area contributed by atoms with Gasteiger partial charge < -0.3 is 22.3 Å². The molecule has 0 spiro atoms. The Bertz CT molecular complexity index is 1140. The van der Waals surface area contributed by atoms with Crippen LogP contribution in [0.15, 0.2) is 35.5 Å². The summed E-state index contributed by atoms with van der Waals surface area (Å²) in [4.78, 5) is 15.3. The van der Waals surface area contributed by atoms with Gasteiger partial charge in [0.15, 0.2) is 5.96 Å². The van der Waals surface area contributed by atoms with Crippen molar-refractivity contribution < 1.29 is 18.3 Å². The summed E-state index contributed by atoms with van der Waals surface area (Å²) < 4.78 is 28.3. The molecule has 12 nitrogen and oxygen atoms in total. The second-order valence-corrected chi connectivity index (χ2v) is 9.78. The maximum atomic E-state index is 13.2. The van der Waals surface area contributed by atoms with Crippen molar-refractivity contribution in [2.75, 3.05) is 17.5 Å². The van der Waals surface area contributed by atoms with Gasteiger partial charge in [-0.3, -0.25) is 20.6 Å². The number of aliphatic carboxylic acids is 1. The number of hydrogen-bond donors (Lipinski definition) is 6. The Morgan fingerprint density at radius 2 is 1.76 bits per heavy atom. The number of fused-ring (bicyclic) bond motifs is 1. The first kappa shape index (κ1) is 29.2.